The Morgan fingerprint density at radius 1 is 1.88 bits per heavy atom. The molecule has 0 aromatic carbocycles. The van der Waals surface area contributed by atoms with Crippen molar-refractivity contribution in [1.82, 2.24) is 0 Å². The van der Waals surface area contributed by atoms with Gasteiger partial charge in [0, 0.05) is 6.08 Å². The lowest BCUT2D eigenvalue weighted by molar-refractivity contribution is -0.136. The number of carbonyl (C=O) groups is 1. The second-order valence-electron chi connectivity index (χ2n) is 1.17. The first-order chi connectivity index (χ1) is 3.81. The van der Waals surface area contributed by atoms with Crippen molar-refractivity contribution in [3.05, 3.63) is 19.1 Å². The molecule has 0 aromatic rings. The van der Waals surface area contributed by atoms with Crippen LogP contribution in [0.2, 0.25) is 0 Å². The van der Waals surface area contributed by atoms with E-state index in [-0.39, 0.29) is 12.6 Å². The molecule has 2 heteroatoms. The maximum atomic E-state index is 10.3. The van der Waals surface area contributed by atoms with Crippen molar-refractivity contribution in [3.63, 3.8) is 0 Å². The summed E-state index contributed by atoms with van der Waals surface area (Å²) in [5.41, 5.74) is 0. The number of esters is 1. The topological polar surface area (TPSA) is 26.3 Å². The molecule has 0 N–H and O–H groups in total. The molecule has 0 rings (SSSR count). The molecule has 0 unspecified atom stereocenters. The van der Waals surface area contributed by atoms with E-state index in [1.54, 1.807) is 13.0 Å². The first-order valence-corrected chi connectivity index (χ1v) is 2.40. The van der Waals surface area contributed by atoms with Crippen LogP contribution in [0.4, 0.5) is 0 Å². The molecule has 0 amide bonds. The molecule has 0 aliphatic carbocycles. The van der Waals surface area contributed by atoms with Gasteiger partial charge >= 0.3 is 5.97 Å². The molecular formula is C6H9O2+. The van der Waals surface area contributed by atoms with Gasteiger partial charge in [0.15, 0.2) is 0 Å². The van der Waals surface area contributed by atoms with Crippen LogP contribution in [0.3, 0.4) is 0 Å². The molecule has 0 aliphatic rings. The van der Waals surface area contributed by atoms with Crippen LogP contribution in [0.1, 0.15) is 6.92 Å². The van der Waals surface area contributed by atoms with E-state index >= 15 is 0 Å². The molecule has 8 heavy (non-hydrogen) atoms. The van der Waals surface area contributed by atoms with Crippen LogP contribution in [-0.2, 0) is 9.53 Å². The van der Waals surface area contributed by atoms with E-state index in [0.717, 1.165) is 0 Å². The highest BCUT2D eigenvalue weighted by atomic mass is 16.5. The van der Waals surface area contributed by atoms with Gasteiger partial charge in [0.05, 0.1) is 0 Å². The summed E-state index contributed by atoms with van der Waals surface area (Å²) >= 11 is 0. The summed E-state index contributed by atoms with van der Waals surface area (Å²) in [6.45, 7) is 5.28. The van der Waals surface area contributed by atoms with Crippen LogP contribution in [-0.4, -0.2) is 12.6 Å². The van der Waals surface area contributed by atoms with Crippen molar-refractivity contribution in [2.45, 2.75) is 6.92 Å². The third-order valence-electron chi connectivity index (χ3n) is 0.547. The zero-order chi connectivity index (χ0) is 6.41. The zero-order valence-electron chi connectivity index (χ0n) is 4.89. The van der Waals surface area contributed by atoms with Crippen molar-refractivity contribution >= 4 is 5.97 Å². The highest BCUT2D eigenvalue weighted by Gasteiger charge is 1.91. The van der Waals surface area contributed by atoms with Gasteiger partial charge in [-0.2, -0.15) is 0 Å². The van der Waals surface area contributed by atoms with Crippen LogP contribution in [0.5, 0.6) is 0 Å². The summed E-state index contributed by atoms with van der Waals surface area (Å²) in [5.74, 6) is -0.331. The molecule has 0 heterocycles. The van der Waals surface area contributed by atoms with Gasteiger partial charge in [0.25, 0.3) is 0 Å². The zero-order valence-corrected chi connectivity index (χ0v) is 4.89. The van der Waals surface area contributed by atoms with Crippen molar-refractivity contribution in [3.8, 4) is 0 Å². The maximum Gasteiger partial charge on any atom is 0.333 e. The Morgan fingerprint density at radius 2 is 2.50 bits per heavy atom. The quantitative estimate of drug-likeness (QED) is 0.302. The van der Waals surface area contributed by atoms with Gasteiger partial charge in [0.2, 0.25) is 6.61 Å². The van der Waals surface area contributed by atoms with Crippen molar-refractivity contribution in [2.24, 2.45) is 0 Å². The average Bonchev–Trinajstić information content (AvgIpc) is 1.68. The number of rotatable bonds is 2. The second-order valence-corrected chi connectivity index (χ2v) is 1.17. The fourth-order valence-corrected chi connectivity index (χ4v) is 0.285. The molecule has 0 fully saturated rings. The summed E-state index contributed by atoms with van der Waals surface area (Å²) in [4.78, 5) is 10.3. The van der Waals surface area contributed by atoms with Gasteiger partial charge < -0.3 is 4.74 Å². The first-order valence-electron chi connectivity index (χ1n) is 2.40. The van der Waals surface area contributed by atoms with E-state index in [9.17, 15) is 4.79 Å². The van der Waals surface area contributed by atoms with Crippen LogP contribution in [0, 0.1) is 6.92 Å². The average molecular weight is 113 g/mol. The fraction of sp³-hybridized carbons (Fsp3) is 0.333. The van der Waals surface area contributed by atoms with Crippen molar-refractivity contribution < 1.29 is 9.53 Å². The van der Waals surface area contributed by atoms with E-state index in [1.807, 2.05) is 0 Å². The van der Waals surface area contributed by atoms with Crippen LogP contribution in [0.15, 0.2) is 12.2 Å². The standard InChI is InChI=1S/C6H9O2/c1-3-5-6(7)8-4-2/h3,5H,2,4H2,1H3/q+1/b5-3+. The Balaban J connectivity index is 3.33. The summed E-state index contributed by atoms with van der Waals surface area (Å²) in [7, 11) is 0. The molecular weight excluding hydrogens is 104 g/mol. The summed E-state index contributed by atoms with van der Waals surface area (Å²) in [6.07, 6.45) is 2.98. The number of carbonyl (C=O) groups excluding carboxylic acids is 1. The van der Waals surface area contributed by atoms with E-state index in [0.29, 0.717) is 0 Å². The molecule has 0 aliphatic heterocycles. The minimum atomic E-state index is -0.331. The Morgan fingerprint density at radius 3 is 2.88 bits per heavy atom. The van der Waals surface area contributed by atoms with Gasteiger partial charge in [-0.05, 0) is 6.92 Å². The van der Waals surface area contributed by atoms with E-state index < -0.39 is 0 Å². The third-order valence-corrected chi connectivity index (χ3v) is 0.547. The first kappa shape index (κ1) is 7.08. The predicted molar refractivity (Wildman–Crippen MR) is 31.1 cm³/mol. The molecule has 2 nitrogen and oxygen atoms in total. The molecule has 0 spiro atoms. The van der Waals surface area contributed by atoms with Crippen molar-refractivity contribution in [2.75, 3.05) is 6.61 Å². The van der Waals surface area contributed by atoms with Gasteiger partial charge in [-0.25, -0.2) is 4.79 Å². The predicted octanol–water partition coefficient (Wildman–Crippen LogP) is 0.940. The third kappa shape index (κ3) is 3.28. The summed E-state index contributed by atoms with van der Waals surface area (Å²) in [5, 5.41) is 0. The van der Waals surface area contributed by atoms with E-state index in [2.05, 4.69) is 11.7 Å². The Hall–Kier alpha value is -0.920. The van der Waals surface area contributed by atoms with Gasteiger partial charge in [0.1, 0.15) is 6.92 Å². The highest BCUT2D eigenvalue weighted by molar-refractivity contribution is 5.81. The Bertz CT molecular complexity index is 94.7. The molecule has 0 saturated heterocycles. The van der Waals surface area contributed by atoms with E-state index in [4.69, 9.17) is 0 Å². The van der Waals surface area contributed by atoms with Crippen molar-refractivity contribution in [1.29, 1.82) is 0 Å². The Kier molecular flexibility index (Phi) is 3.76. The van der Waals surface area contributed by atoms with Crippen LogP contribution >= 0.6 is 0 Å². The van der Waals surface area contributed by atoms with Gasteiger partial charge in [-0.1, -0.05) is 6.08 Å². The normalized spacial score (nSPS) is 9.62. The van der Waals surface area contributed by atoms with E-state index in [1.165, 1.54) is 6.08 Å². The molecule has 0 atom stereocenters. The minimum absolute atomic E-state index is 0.198. The van der Waals surface area contributed by atoms with Gasteiger partial charge in [-0.3, -0.25) is 0 Å². The highest BCUT2D eigenvalue weighted by Crippen LogP contribution is 1.78. The molecule has 44 valence electrons. The van der Waals surface area contributed by atoms with Crippen LogP contribution < -0.4 is 0 Å². The SMILES string of the molecule is [CH2+]COC(=O)/C=C/C. The fourth-order valence-electron chi connectivity index (χ4n) is 0.285. The molecule has 0 saturated carbocycles. The second kappa shape index (κ2) is 4.24. The monoisotopic (exact) mass is 113 g/mol. The summed E-state index contributed by atoms with van der Waals surface area (Å²) < 4.78 is 4.45. The van der Waals surface area contributed by atoms with Crippen LogP contribution in [0.25, 0.3) is 0 Å². The summed E-state index contributed by atoms with van der Waals surface area (Å²) in [6, 6.07) is 0. The lowest BCUT2D eigenvalue weighted by Crippen LogP contribution is -1.98. The Labute approximate surface area is 49.1 Å². The number of allylic oxidation sites excluding steroid dienone is 1. The largest absolute Gasteiger partial charge is 0.420 e. The number of ether oxygens (including phenoxy) is 1. The number of hydrogen-bond donors (Lipinski definition) is 0. The molecule has 0 bridgehead atoms. The lowest BCUT2D eigenvalue weighted by Gasteiger charge is -1.87. The molecule has 0 aromatic heterocycles. The lowest BCUT2D eigenvalue weighted by atomic mass is 10.5. The number of hydrogen-bond acceptors (Lipinski definition) is 2. The molecule has 0 radical (unpaired) electrons. The smallest absolute Gasteiger partial charge is 0.333 e. The maximum absolute atomic E-state index is 10.3. The van der Waals surface area contributed by atoms with Gasteiger partial charge in [-0.15, -0.1) is 0 Å². The minimum Gasteiger partial charge on any atom is -0.420 e.